The molecule has 0 spiro atoms. The van der Waals surface area contributed by atoms with Crippen LogP contribution >= 0.6 is 0 Å². The van der Waals surface area contributed by atoms with Crippen molar-refractivity contribution in [1.29, 1.82) is 0 Å². The molecular weight excluding hydrogens is 316 g/mol. The van der Waals surface area contributed by atoms with Crippen LogP contribution in [0.1, 0.15) is 43.5 Å². The van der Waals surface area contributed by atoms with Crippen LogP contribution in [-0.4, -0.2) is 30.6 Å². The first kappa shape index (κ1) is 17.1. The number of fused-ring (bicyclic) bond motifs is 1. The van der Waals surface area contributed by atoms with Crippen LogP contribution in [0.2, 0.25) is 0 Å². The lowest BCUT2D eigenvalue weighted by molar-refractivity contribution is -0.121. The topological polar surface area (TPSA) is 88.5 Å². The molecule has 0 unspecified atom stereocenters. The fraction of sp³-hybridized carbons (Fsp3) is 0.444. The Labute approximate surface area is 146 Å². The fourth-order valence-corrected chi connectivity index (χ4v) is 3.05. The van der Waals surface area contributed by atoms with Gasteiger partial charge in [-0.25, -0.2) is 9.97 Å². The zero-order valence-corrected chi connectivity index (χ0v) is 15.1. The van der Waals surface area contributed by atoms with Crippen molar-refractivity contribution < 1.29 is 4.79 Å². The Balaban J connectivity index is 1.73. The maximum absolute atomic E-state index is 12.6. The van der Waals surface area contributed by atoms with Gasteiger partial charge in [-0.2, -0.15) is 5.10 Å². The number of carbonyl (C=O) groups excluding carboxylic acids is 1. The Morgan fingerprint density at radius 1 is 1.36 bits per heavy atom. The summed E-state index contributed by atoms with van der Waals surface area (Å²) < 4.78 is 1.72. The molecule has 0 bridgehead atoms. The van der Waals surface area contributed by atoms with Crippen molar-refractivity contribution in [2.45, 2.75) is 39.7 Å². The maximum atomic E-state index is 12.6. The molecule has 7 heteroatoms. The number of nitrogens with zero attached hydrogens (tertiary/aromatic N) is 4. The van der Waals surface area contributed by atoms with Gasteiger partial charge in [0.25, 0.3) is 0 Å². The number of hydrogen-bond donors (Lipinski definition) is 2. The van der Waals surface area contributed by atoms with Crippen molar-refractivity contribution in [3.05, 3.63) is 41.7 Å². The number of aromatic nitrogens is 5. The summed E-state index contributed by atoms with van der Waals surface area (Å²) in [6, 6.07) is 5.73. The van der Waals surface area contributed by atoms with Gasteiger partial charge in [0.15, 0.2) is 0 Å². The van der Waals surface area contributed by atoms with Crippen LogP contribution in [0, 0.1) is 12.8 Å². The van der Waals surface area contributed by atoms with E-state index in [1.807, 2.05) is 32.2 Å². The highest BCUT2D eigenvalue weighted by atomic mass is 16.1. The number of nitrogens with one attached hydrogen (secondary N) is 2. The van der Waals surface area contributed by atoms with E-state index in [9.17, 15) is 4.79 Å². The summed E-state index contributed by atoms with van der Waals surface area (Å²) in [5.41, 5.74) is 2.82. The average Bonchev–Trinajstić information content (AvgIpc) is 3.10. The van der Waals surface area contributed by atoms with Gasteiger partial charge in [-0.05, 0) is 37.0 Å². The lowest BCUT2D eigenvalue weighted by atomic mass is 10.0. The molecule has 0 aliphatic carbocycles. The lowest BCUT2D eigenvalue weighted by Gasteiger charge is -2.19. The van der Waals surface area contributed by atoms with E-state index in [0.717, 1.165) is 34.7 Å². The molecule has 0 aliphatic rings. The second-order valence-corrected chi connectivity index (χ2v) is 6.84. The monoisotopic (exact) mass is 340 g/mol. The van der Waals surface area contributed by atoms with E-state index >= 15 is 0 Å². The highest BCUT2D eigenvalue weighted by Gasteiger charge is 2.20. The molecule has 0 saturated carbocycles. The van der Waals surface area contributed by atoms with Crippen molar-refractivity contribution in [3.8, 4) is 0 Å². The minimum absolute atomic E-state index is 0.0239. The van der Waals surface area contributed by atoms with E-state index in [2.05, 4.69) is 39.2 Å². The number of H-pyrrole nitrogens is 1. The second kappa shape index (κ2) is 7.04. The Kier molecular flexibility index (Phi) is 4.83. The molecule has 2 N–H and O–H groups in total. The number of hydrogen-bond acceptors (Lipinski definition) is 4. The van der Waals surface area contributed by atoms with E-state index in [-0.39, 0.29) is 11.9 Å². The van der Waals surface area contributed by atoms with Crippen LogP contribution < -0.4 is 5.32 Å². The number of aromatic amines is 1. The van der Waals surface area contributed by atoms with Crippen molar-refractivity contribution in [2.24, 2.45) is 13.0 Å². The summed E-state index contributed by atoms with van der Waals surface area (Å²) in [5.74, 6) is 2.06. The number of aryl methyl sites for hydroxylation is 2. The van der Waals surface area contributed by atoms with Crippen LogP contribution in [0.3, 0.4) is 0 Å². The molecule has 2 aromatic heterocycles. The van der Waals surface area contributed by atoms with Gasteiger partial charge in [-0.15, -0.1) is 0 Å². The van der Waals surface area contributed by atoms with Gasteiger partial charge in [-0.3, -0.25) is 9.48 Å². The van der Waals surface area contributed by atoms with Gasteiger partial charge in [0, 0.05) is 7.05 Å². The third-order valence-electron chi connectivity index (χ3n) is 4.13. The third kappa shape index (κ3) is 4.04. The van der Waals surface area contributed by atoms with E-state index in [0.29, 0.717) is 12.3 Å². The number of amides is 1. The van der Waals surface area contributed by atoms with Gasteiger partial charge < -0.3 is 10.3 Å². The second-order valence-electron chi connectivity index (χ2n) is 6.84. The SMILES string of the molecule is Cc1nc2ccc(CC(=O)N[C@H](CC(C)C)c3ncnn3C)cc2[nH]1. The van der Waals surface area contributed by atoms with Gasteiger partial charge in [0.2, 0.25) is 5.91 Å². The summed E-state index contributed by atoms with van der Waals surface area (Å²) in [6.45, 7) is 6.18. The molecule has 7 nitrogen and oxygen atoms in total. The summed E-state index contributed by atoms with van der Waals surface area (Å²) in [6.07, 6.45) is 2.65. The molecular formula is C18H24N6O. The molecule has 3 rings (SSSR count). The summed E-state index contributed by atoms with van der Waals surface area (Å²) >= 11 is 0. The minimum Gasteiger partial charge on any atom is -0.346 e. The largest absolute Gasteiger partial charge is 0.346 e. The quantitative estimate of drug-likeness (QED) is 0.721. The molecule has 0 aliphatic heterocycles. The maximum Gasteiger partial charge on any atom is 0.225 e. The Morgan fingerprint density at radius 2 is 2.16 bits per heavy atom. The summed E-state index contributed by atoms with van der Waals surface area (Å²) in [5, 5.41) is 7.22. The van der Waals surface area contributed by atoms with Crippen molar-refractivity contribution >= 4 is 16.9 Å². The summed E-state index contributed by atoms with van der Waals surface area (Å²) in [7, 11) is 1.84. The fourth-order valence-electron chi connectivity index (χ4n) is 3.05. The highest BCUT2D eigenvalue weighted by Crippen LogP contribution is 2.19. The van der Waals surface area contributed by atoms with Gasteiger partial charge in [-0.1, -0.05) is 19.9 Å². The van der Waals surface area contributed by atoms with Crippen LogP contribution in [0.5, 0.6) is 0 Å². The third-order valence-corrected chi connectivity index (χ3v) is 4.13. The molecule has 1 aromatic carbocycles. The van der Waals surface area contributed by atoms with Crippen molar-refractivity contribution in [2.75, 3.05) is 0 Å². The first-order valence-electron chi connectivity index (χ1n) is 8.51. The standard InChI is InChI=1S/C18H24N6O/c1-11(2)7-16(18-19-10-20-24(18)4)23-17(25)9-13-5-6-14-15(8-13)22-12(3)21-14/h5-6,8,10-11,16H,7,9H2,1-4H3,(H,21,22)(H,23,25)/t16-/m1/s1. The Morgan fingerprint density at radius 3 is 2.84 bits per heavy atom. The molecule has 0 saturated heterocycles. The molecule has 0 radical (unpaired) electrons. The van der Waals surface area contributed by atoms with Crippen LogP contribution in [0.4, 0.5) is 0 Å². The van der Waals surface area contributed by atoms with E-state index in [4.69, 9.17) is 0 Å². The van der Waals surface area contributed by atoms with Gasteiger partial charge in [0.1, 0.15) is 18.0 Å². The van der Waals surface area contributed by atoms with Crippen molar-refractivity contribution in [3.63, 3.8) is 0 Å². The average molecular weight is 340 g/mol. The van der Waals surface area contributed by atoms with E-state index in [1.165, 1.54) is 6.33 Å². The molecule has 3 aromatic rings. The molecule has 0 fully saturated rings. The lowest BCUT2D eigenvalue weighted by Crippen LogP contribution is -2.32. The zero-order chi connectivity index (χ0) is 18.0. The highest BCUT2D eigenvalue weighted by molar-refractivity contribution is 5.82. The van der Waals surface area contributed by atoms with E-state index < -0.39 is 0 Å². The van der Waals surface area contributed by atoms with Crippen LogP contribution in [0.15, 0.2) is 24.5 Å². The number of carbonyl (C=O) groups is 1. The Hall–Kier alpha value is -2.70. The molecule has 2 heterocycles. The molecule has 1 amide bonds. The predicted octanol–water partition coefficient (Wildman–Crippen LogP) is 2.45. The predicted molar refractivity (Wildman–Crippen MR) is 95.9 cm³/mol. The molecule has 132 valence electrons. The van der Waals surface area contributed by atoms with Gasteiger partial charge >= 0.3 is 0 Å². The first-order valence-corrected chi connectivity index (χ1v) is 8.51. The molecule has 1 atom stereocenters. The van der Waals surface area contributed by atoms with Crippen LogP contribution in [0.25, 0.3) is 11.0 Å². The summed E-state index contributed by atoms with van der Waals surface area (Å²) in [4.78, 5) is 24.4. The zero-order valence-electron chi connectivity index (χ0n) is 15.1. The van der Waals surface area contributed by atoms with E-state index in [1.54, 1.807) is 4.68 Å². The van der Waals surface area contributed by atoms with Gasteiger partial charge in [0.05, 0.1) is 23.5 Å². The minimum atomic E-state index is -0.141. The number of imidazole rings is 1. The Bertz CT molecular complexity index is 879. The van der Waals surface area contributed by atoms with Crippen molar-refractivity contribution in [1.82, 2.24) is 30.0 Å². The smallest absolute Gasteiger partial charge is 0.225 e. The molecule has 25 heavy (non-hydrogen) atoms. The number of rotatable bonds is 6. The first-order chi connectivity index (χ1) is 11.9. The normalized spacial score (nSPS) is 12.7. The number of benzene rings is 1. The van der Waals surface area contributed by atoms with Crippen LogP contribution in [-0.2, 0) is 18.3 Å².